The molecular formula is C11H10N2OS. The van der Waals surface area contributed by atoms with Crippen molar-refractivity contribution in [3.63, 3.8) is 0 Å². The van der Waals surface area contributed by atoms with Gasteiger partial charge in [-0.2, -0.15) is 4.37 Å². The second kappa shape index (κ2) is 4.23. The monoisotopic (exact) mass is 218 g/mol. The summed E-state index contributed by atoms with van der Waals surface area (Å²) in [6, 6.07) is 9.80. The predicted octanol–water partition coefficient (Wildman–Crippen LogP) is 2.77. The topological polar surface area (TPSA) is 42.0 Å². The van der Waals surface area contributed by atoms with Crippen LogP contribution in [0.2, 0.25) is 0 Å². The van der Waals surface area contributed by atoms with Crippen LogP contribution in [0.15, 0.2) is 35.7 Å². The van der Waals surface area contributed by atoms with Gasteiger partial charge in [0.05, 0.1) is 5.69 Å². The van der Waals surface area contributed by atoms with E-state index in [4.69, 9.17) is 0 Å². The minimum absolute atomic E-state index is 0.0765. The Kier molecular flexibility index (Phi) is 2.78. The molecule has 1 amide bonds. The summed E-state index contributed by atoms with van der Waals surface area (Å²) in [6.07, 6.45) is 0. The molecule has 0 radical (unpaired) electrons. The summed E-state index contributed by atoms with van der Waals surface area (Å²) in [5, 5.41) is 4.60. The number of aromatic nitrogens is 1. The lowest BCUT2D eigenvalue weighted by Gasteiger charge is -2.02. The first-order valence-electron chi connectivity index (χ1n) is 4.55. The van der Waals surface area contributed by atoms with Crippen LogP contribution in [0.25, 0.3) is 11.3 Å². The maximum absolute atomic E-state index is 11.0. The van der Waals surface area contributed by atoms with E-state index in [-0.39, 0.29) is 5.91 Å². The van der Waals surface area contributed by atoms with Crippen molar-refractivity contribution in [1.29, 1.82) is 0 Å². The molecule has 0 unspecified atom stereocenters. The van der Waals surface area contributed by atoms with Gasteiger partial charge in [0, 0.05) is 17.9 Å². The van der Waals surface area contributed by atoms with E-state index in [0.29, 0.717) is 0 Å². The molecule has 4 heteroatoms. The van der Waals surface area contributed by atoms with Crippen LogP contribution in [0, 0.1) is 0 Å². The van der Waals surface area contributed by atoms with Gasteiger partial charge in [0.15, 0.2) is 0 Å². The number of carbonyl (C=O) groups excluding carboxylic acids is 1. The van der Waals surface area contributed by atoms with Gasteiger partial charge in [0.25, 0.3) is 0 Å². The Morgan fingerprint density at radius 2 is 2.07 bits per heavy atom. The minimum Gasteiger partial charge on any atom is -0.324 e. The molecule has 76 valence electrons. The summed E-state index contributed by atoms with van der Waals surface area (Å²) in [6.45, 7) is 1.49. The molecular weight excluding hydrogens is 208 g/mol. The van der Waals surface area contributed by atoms with E-state index in [1.807, 2.05) is 35.7 Å². The average molecular weight is 218 g/mol. The van der Waals surface area contributed by atoms with Crippen molar-refractivity contribution in [2.24, 2.45) is 0 Å². The standard InChI is InChI=1S/C11H10N2OS/c1-8(14)12-10-7-15-13-11(10)9-5-3-2-4-6-9/h2-7H,1H3,(H,12,14). The van der Waals surface area contributed by atoms with Crippen LogP contribution in [0.5, 0.6) is 0 Å². The molecule has 0 aliphatic heterocycles. The molecule has 3 nitrogen and oxygen atoms in total. The zero-order valence-corrected chi connectivity index (χ0v) is 9.04. The van der Waals surface area contributed by atoms with E-state index in [1.165, 1.54) is 18.5 Å². The van der Waals surface area contributed by atoms with E-state index in [0.717, 1.165) is 16.9 Å². The highest BCUT2D eigenvalue weighted by Crippen LogP contribution is 2.27. The molecule has 0 saturated heterocycles. The van der Waals surface area contributed by atoms with E-state index >= 15 is 0 Å². The molecule has 0 aliphatic rings. The predicted molar refractivity (Wildman–Crippen MR) is 61.9 cm³/mol. The first-order chi connectivity index (χ1) is 7.27. The van der Waals surface area contributed by atoms with E-state index in [2.05, 4.69) is 9.69 Å². The van der Waals surface area contributed by atoms with Gasteiger partial charge in [-0.25, -0.2) is 0 Å². The molecule has 2 aromatic rings. The third-order valence-electron chi connectivity index (χ3n) is 1.93. The molecule has 0 aliphatic carbocycles. The highest BCUT2D eigenvalue weighted by atomic mass is 32.1. The Labute approximate surface area is 91.9 Å². The molecule has 15 heavy (non-hydrogen) atoms. The quantitative estimate of drug-likeness (QED) is 0.842. The number of rotatable bonds is 2. The van der Waals surface area contributed by atoms with Crippen LogP contribution in [-0.4, -0.2) is 10.3 Å². The lowest BCUT2D eigenvalue weighted by molar-refractivity contribution is -0.114. The van der Waals surface area contributed by atoms with Gasteiger partial charge in [-0.3, -0.25) is 4.79 Å². The number of carbonyl (C=O) groups is 1. The van der Waals surface area contributed by atoms with Gasteiger partial charge in [-0.1, -0.05) is 30.3 Å². The maximum atomic E-state index is 11.0. The van der Waals surface area contributed by atoms with Crippen LogP contribution < -0.4 is 5.32 Å². The summed E-state index contributed by atoms with van der Waals surface area (Å²) in [5.74, 6) is -0.0765. The van der Waals surface area contributed by atoms with Gasteiger partial charge in [0.1, 0.15) is 5.69 Å². The first-order valence-corrected chi connectivity index (χ1v) is 5.38. The first kappa shape index (κ1) is 9.86. The molecule has 1 N–H and O–H groups in total. The van der Waals surface area contributed by atoms with Gasteiger partial charge in [-0.15, -0.1) is 0 Å². The van der Waals surface area contributed by atoms with Gasteiger partial charge in [0.2, 0.25) is 5.91 Å². The Morgan fingerprint density at radius 3 is 2.73 bits per heavy atom. The van der Waals surface area contributed by atoms with Gasteiger partial charge < -0.3 is 5.32 Å². The van der Waals surface area contributed by atoms with Crippen molar-refractivity contribution < 1.29 is 4.79 Å². The third-order valence-corrected chi connectivity index (χ3v) is 2.56. The SMILES string of the molecule is CC(=O)Nc1csnc1-c1ccccc1. The summed E-state index contributed by atoms with van der Waals surface area (Å²) in [7, 11) is 0. The second-order valence-electron chi connectivity index (χ2n) is 3.12. The van der Waals surface area contributed by atoms with Crippen LogP contribution in [0.1, 0.15) is 6.92 Å². The lowest BCUT2D eigenvalue weighted by atomic mass is 10.1. The number of amides is 1. The highest BCUT2D eigenvalue weighted by Gasteiger charge is 2.08. The summed E-state index contributed by atoms with van der Waals surface area (Å²) < 4.78 is 4.27. The van der Waals surface area contributed by atoms with Crippen LogP contribution in [0.3, 0.4) is 0 Å². The fourth-order valence-electron chi connectivity index (χ4n) is 1.32. The van der Waals surface area contributed by atoms with Crippen LogP contribution in [0.4, 0.5) is 5.69 Å². The normalized spacial score (nSPS) is 9.93. The summed E-state index contributed by atoms with van der Waals surface area (Å²) in [4.78, 5) is 11.0. The number of nitrogens with zero attached hydrogens (tertiary/aromatic N) is 1. The van der Waals surface area contributed by atoms with Crippen LogP contribution >= 0.6 is 11.5 Å². The highest BCUT2D eigenvalue weighted by molar-refractivity contribution is 7.04. The van der Waals surface area contributed by atoms with Gasteiger partial charge >= 0.3 is 0 Å². The summed E-state index contributed by atoms with van der Waals surface area (Å²) in [5.41, 5.74) is 2.62. The van der Waals surface area contributed by atoms with Crippen molar-refractivity contribution in [2.45, 2.75) is 6.92 Å². The van der Waals surface area contributed by atoms with Crippen molar-refractivity contribution in [3.05, 3.63) is 35.7 Å². The van der Waals surface area contributed by atoms with E-state index < -0.39 is 0 Å². The molecule has 0 saturated carbocycles. The lowest BCUT2D eigenvalue weighted by Crippen LogP contribution is -2.05. The number of hydrogen-bond acceptors (Lipinski definition) is 3. The van der Waals surface area contributed by atoms with E-state index in [1.54, 1.807) is 0 Å². The van der Waals surface area contributed by atoms with Crippen LogP contribution in [-0.2, 0) is 4.79 Å². The van der Waals surface area contributed by atoms with Gasteiger partial charge in [-0.05, 0) is 11.5 Å². The smallest absolute Gasteiger partial charge is 0.221 e. The molecule has 0 spiro atoms. The molecule has 0 fully saturated rings. The number of nitrogens with one attached hydrogen (secondary N) is 1. The van der Waals surface area contributed by atoms with Crippen molar-refractivity contribution in [1.82, 2.24) is 4.37 Å². The fraction of sp³-hybridized carbons (Fsp3) is 0.0909. The van der Waals surface area contributed by atoms with Crippen molar-refractivity contribution >= 4 is 23.1 Å². The maximum Gasteiger partial charge on any atom is 0.221 e. The molecule has 2 rings (SSSR count). The average Bonchev–Trinajstić information content (AvgIpc) is 2.66. The third kappa shape index (κ3) is 2.22. The van der Waals surface area contributed by atoms with Crippen molar-refractivity contribution in [2.75, 3.05) is 5.32 Å². The van der Waals surface area contributed by atoms with E-state index in [9.17, 15) is 4.79 Å². The van der Waals surface area contributed by atoms with Crippen molar-refractivity contribution in [3.8, 4) is 11.3 Å². The Bertz CT molecular complexity index is 464. The Morgan fingerprint density at radius 1 is 1.33 bits per heavy atom. The molecule has 0 atom stereocenters. The molecule has 1 aromatic carbocycles. The summed E-state index contributed by atoms with van der Waals surface area (Å²) >= 11 is 1.34. The number of benzene rings is 1. The number of anilines is 1. The fourth-order valence-corrected chi connectivity index (χ4v) is 1.96. The number of hydrogen-bond donors (Lipinski definition) is 1. The largest absolute Gasteiger partial charge is 0.324 e. The zero-order valence-electron chi connectivity index (χ0n) is 8.23. The minimum atomic E-state index is -0.0765. The molecule has 0 bridgehead atoms. The Hall–Kier alpha value is -1.68. The Balaban J connectivity index is 2.37. The molecule has 1 heterocycles. The zero-order chi connectivity index (χ0) is 10.7. The molecule has 1 aromatic heterocycles. The second-order valence-corrected chi connectivity index (χ2v) is 3.75.